The fourth-order valence-corrected chi connectivity index (χ4v) is 2.28. The zero-order chi connectivity index (χ0) is 13.3. The van der Waals surface area contributed by atoms with Gasteiger partial charge in [-0.3, -0.25) is 4.68 Å². The molecule has 0 spiro atoms. The molecule has 0 radical (unpaired) electrons. The van der Waals surface area contributed by atoms with Gasteiger partial charge < -0.3 is 5.73 Å². The molecule has 0 amide bonds. The summed E-state index contributed by atoms with van der Waals surface area (Å²) < 4.78 is 3.73. The van der Waals surface area contributed by atoms with Crippen LogP contribution in [0.4, 0.5) is 0 Å². The van der Waals surface area contributed by atoms with Gasteiger partial charge in [0.15, 0.2) is 0 Å². The Hall–Kier alpha value is -1.69. The van der Waals surface area contributed by atoms with Crippen molar-refractivity contribution in [3.8, 4) is 0 Å². The largest absolute Gasteiger partial charge is 0.319 e. The third-order valence-corrected chi connectivity index (χ3v) is 3.28. The summed E-state index contributed by atoms with van der Waals surface area (Å²) in [5.74, 6) is 0. The Kier molecular flexibility index (Phi) is 3.47. The summed E-state index contributed by atoms with van der Waals surface area (Å²) in [7, 11) is 1.93. The molecular formula is C12H20N6. The van der Waals surface area contributed by atoms with Crippen molar-refractivity contribution in [2.24, 2.45) is 12.8 Å². The van der Waals surface area contributed by atoms with Crippen LogP contribution in [0.25, 0.3) is 0 Å². The standard InChI is InChI=1S/C12H20N6/c1-5-6-18-10(7-14-16-18)12(13)11-8(2)15-17(4)9(11)3/h7,12H,5-6,13H2,1-4H3. The van der Waals surface area contributed by atoms with E-state index in [4.69, 9.17) is 5.73 Å². The predicted molar refractivity (Wildman–Crippen MR) is 69.0 cm³/mol. The van der Waals surface area contributed by atoms with E-state index in [0.717, 1.165) is 35.6 Å². The topological polar surface area (TPSA) is 74.6 Å². The number of hydrogen-bond acceptors (Lipinski definition) is 4. The van der Waals surface area contributed by atoms with Crippen LogP contribution in [-0.2, 0) is 13.6 Å². The zero-order valence-electron chi connectivity index (χ0n) is 11.4. The number of aromatic nitrogens is 5. The zero-order valence-corrected chi connectivity index (χ0v) is 11.4. The highest BCUT2D eigenvalue weighted by atomic mass is 15.4. The van der Waals surface area contributed by atoms with Crippen LogP contribution in [0.5, 0.6) is 0 Å². The summed E-state index contributed by atoms with van der Waals surface area (Å²) in [5.41, 5.74) is 10.4. The van der Waals surface area contributed by atoms with Crippen LogP contribution in [0.15, 0.2) is 6.20 Å². The summed E-state index contributed by atoms with van der Waals surface area (Å²) in [6, 6.07) is -0.222. The molecule has 0 saturated heterocycles. The second-order valence-corrected chi connectivity index (χ2v) is 4.57. The SMILES string of the molecule is CCCn1nncc1C(N)c1c(C)nn(C)c1C. The fraction of sp³-hybridized carbons (Fsp3) is 0.583. The fourth-order valence-electron chi connectivity index (χ4n) is 2.28. The van der Waals surface area contributed by atoms with Crippen molar-refractivity contribution in [2.45, 2.75) is 39.8 Å². The maximum atomic E-state index is 6.35. The van der Waals surface area contributed by atoms with Crippen molar-refractivity contribution < 1.29 is 0 Å². The van der Waals surface area contributed by atoms with Crippen LogP contribution in [-0.4, -0.2) is 24.8 Å². The third-order valence-electron chi connectivity index (χ3n) is 3.28. The minimum Gasteiger partial charge on any atom is -0.319 e. The molecule has 0 aliphatic heterocycles. The van der Waals surface area contributed by atoms with Crippen LogP contribution in [0.2, 0.25) is 0 Å². The molecule has 1 unspecified atom stereocenters. The highest BCUT2D eigenvalue weighted by Crippen LogP contribution is 2.24. The molecule has 2 heterocycles. The molecule has 0 saturated carbocycles. The van der Waals surface area contributed by atoms with E-state index in [0.29, 0.717) is 0 Å². The lowest BCUT2D eigenvalue weighted by Gasteiger charge is -2.13. The van der Waals surface area contributed by atoms with E-state index >= 15 is 0 Å². The van der Waals surface area contributed by atoms with E-state index in [2.05, 4.69) is 22.3 Å². The van der Waals surface area contributed by atoms with E-state index in [1.54, 1.807) is 6.20 Å². The molecule has 2 N–H and O–H groups in total. The smallest absolute Gasteiger partial charge is 0.0801 e. The maximum Gasteiger partial charge on any atom is 0.0801 e. The lowest BCUT2D eigenvalue weighted by atomic mass is 10.0. The highest BCUT2D eigenvalue weighted by molar-refractivity contribution is 5.33. The van der Waals surface area contributed by atoms with E-state index in [1.165, 1.54) is 0 Å². The molecule has 6 nitrogen and oxygen atoms in total. The van der Waals surface area contributed by atoms with Crippen LogP contribution < -0.4 is 5.73 Å². The van der Waals surface area contributed by atoms with E-state index in [-0.39, 0.29) is 6.04 Å². The average molecular weight is 248 g/mol. The molecule has 98 valence electrons. The lowest BCUT2D eigenvalue weighted by Crippen LogP contribution is -2.19. The Morgan fingerprint density at radius 3 is 2.67 bits per heavy atom. The molecule has 2 aromatic rings. The van der Waals surface area contributed by atoms with E-state index in [1.807, 2.05) is 30.3 Å². The van der Waals surface area contributed by atoms with Crippen molar-refractivity contribution >= 4 is 0 Å². The minimum atomic E-state index is -0.222. The van der Waals surface area contributed by atoms with Gasteiger partial charge in [0.2, 0.25) is 0 Å². The van der Waals surface area contributed by atoms with Crippen LogP contribution in [0.1, 0.15) is 42.0 Å². The quantitative estimate of drug-likeness (QED) is 0.878. The Morgan fingerprint density at radius 1 is 1.39 bits per heavy atom. The number of nitrogens with zero attached hydrogens (tertiary/aromatic N) is 5. The van der Waals surface area contributed by atoms with Crippen LogP contribution >= 0.6 is 0 Å². The Labute approximate surface area is 107 Å². The minimum absolute atomic E-state index is 0.222. The number of nitrogens with two attached hydrogens (primary N) is 1. The van der Waals surface area contributed by atoms with Gasteiger partial charge in [-0.1, -0.05) is 12.1 Å². The van der Waals surface area contributed by atoms with Crippen molar-refractivity contribution in [1.82, 2.24) is 24.8 Å². The molecular weight excluding hydrogens is 228 g/mol. The number of hydrogen-bond donors (Lipinski definition) is 1. The molecule has 0 bridgehead atoms. The van der Waals surface area contributed by atoms with Crippen molar-refractivity contribution in [3.63, 3.8) is 0 Å². The Balaban J connectivity index is 2.41. The van der Waals surface area contributed by atoms with Gasteiger partial charge in [-0.05, 0) is 20.3 Å². The number of aryl methyl sites for hydroxylation is 3. The van der Waals surface area contributed by atoms with E-state index in [9.17, 15) is 0 Å². The first kappa shape index (κ1) is 12.8. The number of rotatable bonds is 4. The van der Waals surface area contributed by atoms with Gasteiger partial charge in [0.05, 0.1) is 23.6 Å². The third kappa shape index (κ3) is 2.03. The van der Waals surface area contributed by atoms with E-state index < -0.39 is 0 Å². The first-order valence-electron chi connectivity index (χ1n) is 6.20. The van der Waals surface area contributed by atoms with Gasteiger partial charge >= 0.3 is 0 Å². The molecule has 0 aromatic carbocycles. The molecule has 0 aliphatic carbocycles. The first-order chi connectivity index (χ1) is 8.56. The summed E-state index contributed by atoms with van der Waals surface area (Å²) in [4.78, 5) is 0. The van der Waals surface area contributed by atoms with Gasteiger partial charge in [0.25, 0.3) is 0 Å². The molecule has 18 heavy (non-hydrogen) atoms. The lowest BCUT2D eigenvalue weighted by molar-refractivity contribution is 0.542. The molecule has 2 rings (SSSR count). The summed E-state index contributed by atoms with van der Waals surface area (Å²) in [5, 5.41) is 12.4. The molecule has 6 heteroatoms. The second-order valence-electron chi connectivity index (χ2n) is 4.57. The second kappa shape index (κ2) is 4.89. The van der Waals surface area contributed by atoms with Crippen LogP contribution in [0.3, 0.4) is 0 Å². The summed E-state index contributed by atoms with van der Waals surface area (Å²) in [6.45, 7) is 6.96. The predicted octanol–water partition coefficient (Wildman–Crippen LogP) is 1.09. The van der Waals surface area contributed by atoms with Gasteiger partial charge in [-0.2, -0.15) is 5.10 Å². The molecule has 0 fully saturated rings. The van der Waals surface area contributed by atoms with Gasteiger partial charge in [0, 0.05) is 24.8 Å². The maximum absolute atomic E-state index is 6.35. The average Bonchev–Trinajstić information content (AvgIpc) is 2.86. The van der Waals surface area contributed by atoms with Crippen molar-refractivity contribution in [2.75, 3.05) is 0 Å². The molecule has 0 aliphatic rings. The normalized spacial score (nSPS) is 12.9. The van der Waals surface area contributed by atoms with Crippen molar-refractivity contribution in [3.05, 3.63) is 28.8 Å². The summed E-state index contributed by atoms with van der Waals surface area (Å²) in [6.07, 6.45) is 2.75. The van der Waals surface area contributed by atoms with Gasteiger partial charge in [0.1, 0.15) is 0 Å². The Morgan fingerprint density at radius 2 is 2.11 bits per heavy atom. The summed E-state index contributed by atoms with van der Waals surface area (Å²) >= 11 is 0. The van der Waals surface area contributed by atoms with Gasteiger partial charge in [-0.25, -0.2) is 4.68 Å². The Bertz CT molecular complexity index is 539. The highest BCUT2D eigenvalue weighted by Gasteiger charge is 2.21. The molecule has 1 atom stereocenters. The van der Waals surface area contributed by atoms with Crippen molar-refractivity contribution in [1.29, 1.82) is 0 Å². The molecule has 2 aromatic heterocycles. The monoisotopic (exact) mass is 248 g/mol. The first-order valence-corrected chi connectivity index (χ1v) is 6.20. The van der Waals surface area contributed by atoms with Gasteiger partial charge in [-0.15, -0.1) is 5.10 Å². The van der Waals surface area contributed by atoms with Crippen LogP contribution in [0, 0.1) is 13.8 Å².